The zero-order chi connectivity index (χ0) is 11.1. The lowest BCUT2D eigenvalue weighted by molar-refractivity contribution is 0.284. The highest BCUT2D eigenvalue weighted by molar-refractivity contribution is 4.68. The fourth-order valence-electron chi connectivity index (χ4n) is 2.98. The molecule has 1 aliphatic carbocycles. The van der Waals surface area contributed by atoms with Crippen LogP contribution in [0.25, 0.3) is 0 Å². The van der Waals surface area contributed by atoms with Gasteiger partial charge in [-0.25, -0.2) is 0 Å². The van der Waals surface area contributed by atoms with Gasteiger partial charge in [0, 0.05) is 0 Å². The molecule has 0 saturated heterocycles. The summed E-state index contributed by atoms with van der Waals surface area (Å²) in [7, 11) is 0. The first-order valence-electron chi connectivity index (χ1n) is 7.18. The molecule has 0 unspecified atom stereocenters. The molecule has 0 N–H and O–H groups in total. The molecule has 0 aromatic rings. The standard InChI is InChI=1S/C15H30/c1-13(2)8-7-9-14(3)12-15-10-5-4-6-11-15/h13-15H,4-12H2,1-3H3/t14-/m0/s1. The fraction of sp³-hybridized carbons (Fsp3) is 1.00. The van der Waals surface area contributed by atoms with Crippen LogP contribution in [0.2, 0.25) is 0 Å². The lowest BCUT2D eigenvalue weighted by Crippen LogP contribution is -2.10. The lowest BCUT2D eigenvalue weighted by atomic mass is 9.82. The topological polar surface area (TPSA) is 0 Å². The summed E-state index contributed by atoms with van der Waals surface area (Å²) in [5.74, 6) is 2.95. The molecule has 0 aromatic carbocycles. The number of hydrogen-bond acceptors (Lipinski definition) is 0. The average Bonchev–Trinajstić information content (AvgIpc) is 2.18. The maximum atomic E-state index is 2.47. The summed E-state index contributed by atoms with van der Waals surface area (Å²) >= 11 is 0. The molecule has 0 heterocycles. The van der Waals surface area contributed by atoms with Crippen molar-refractivity contribution in [2.75, 3.05) is 0 Å². The van der Waals surface area contributed by atoms with Crippen LogP contribution >= 0.6 is 0 Å². The highest BCUT2D eigenvalue weighted by atomic mass is 14.2. The summed E-state index contributed by atoms with van der Waals surface area (Å²) < 4.78 is 0. The molecule has 0 nitrogen and oxygen atoms in total. The van der Waals surface area contributed by atoms with Gasteiger partial charge in [-0.2, -0.15) is 0 Å². The second-order valence-corrected chi connectivity index (χ2v) is 6.17. The van der Waals surface area contributed by atoms with Crippen molar-refractivity contribution in [2.45, 2.75) is 78.6 Å². The lowest BCUT2D eigenvalue weighted by Gasteiger charge is -2.24. The molecule has 0 spiro atoms. The second-order valence-electron chi connectivity index (χ2n) is 6.17. The summed E-state index contributed by atoms with van der Waals surface area (Å²) in [5, 5.41) is 0. The Morgan fingerprint density at radius 2 is 1.60 bits per heavy atom. The molecule has 0 aliphatic heterocycles. The summed E-state index contributed by atoms with van der Waals surface area (Å²) in [6.45, 7) is 7.15. The Hall–Kier alpha value is 0. The molecule has 0 bridgehead atoms. The fourth-order valence-corrected chi connectivity index (χ4v) is 2.98. The van der Waals surface area contributed by atoms with Gasteiger partial charge in [-0.15, -0.1) is 0 Å². The van der Waals surface area contributed by atoms with Crippen LogP contribution in [-0.4, -0.2) is 0 Å². The van der Waals surface area contributed by atoms with E-state index in [0.717, 1.165) is 17.8 Å². The molecule has 1 saturated carbocycles. The van der Waals surface area contributed by atoms with E-state index in [1.54, 1.807) is 0 Å². The Morgan fingerprint density at radius 3 is 2.20 bits per heavy atom. The summed E-state index contributed by atoms with van der Waals surface area (Å²) in [4.78, 5) is 0. The van der Waals surface area contributed by atoms with Crippen molar-refractivity contribution in [3.63, 3.8) is 0 Å². The predicted molar refractivity (Wildman–Crippen MR) is 69.0 cm³/mol. The van der Waals surface area contributed by atoms with E-state index < -0.39 is 0 Å². The predicted octanol–water partition coefficient (Wildman–Crippen LogP) is 5.42. The maximum Gasteiger partial charge on any atom is -0.0412 e. The van der Waals surface area contributed by atoms with E-state index in [2.05, 4.69) is 20.8 Å². The highest BCUT2D eigenvalue weighted by Crippen LogP contribution is 2.30. The molecular weight excluding hydrogens is 180 g/mol. The van der Waals surface area contributed by atoms with E-state index in [-0.39, 0.29) is 0 Å². The van der Waals surface area contributed by atoms with E-state index in [9.17, 15) is 0 Å². The Kier molecular flexibility index (Phi) is 6.36. The van der Waals surface area contributed by atoms with Gasteiger partial charge in [0.25, 0.3) is 0 Å². The summed E-state index contributed by atoms with van der Waals surface area (Å²) in [6.07, 6.45) is 13.4. The van der Waals surface area contributed by atoms with Crippen LogP contribution < -0.4 is 0 Å². The Morgan fingerprint density at radius 1 is 0.933 bits per heavy atom. The van der Waals surface area contributed by atoms with Crippen LogP contribution in [-0.2, 0) is 0 Å². The monoisotopic (exact) mass is 210 g/mol. The third-order valence-corrected chi connectivity index (χ3v) is 3.94. The van der Waals surface area contributed by atoms with Crippen molar-refractivity contribution in [3.8, 4) is 0 Å². The van der Waals surface area contributed by atoms with Crippen molar-refractivity contribution in [1.82, 2.24) is 0 Å². The van der Waals surface area contributed by atoms with Gasteiger partial charge in [0.05, 0.1) is 0 Å². The zero-order valence-corrected chi connectivity index (χ0v) is 11.1. The molecule has 90 valence electrons. The van der Waals surface area contributed by atoms with Gasteiger partial charge in [-0.1, -0.05) is 72.1 Å². The van der Waals surface area contributed by atoms with Crippen molar-refractivity contribution in [3.05, 3.63) is 0 Å². The van der Waals surface area contributed by atoms with E-state index in [1.165, 1.54) is 57.8 Å². The van der Waals surface area contributed by atoms with Crippen molar-refractivity contribution >= 4 is 0 Å². The molecule has 1 atom stereocenters. The van der Waals surface area contributed by atoms with Gasteiger partial charge in [-0.05, 0) is 24.2 Å². The Bertz CT molecular complexity index is 142. The molecule has 0 aromatic heterocycles. The van der Waals surface area contributed by atoms with E-state index in [1.807, 2.05) is 0 Å². The van der Waals surface area contributed by atoms with E-state index in [0.29, 0.717) is 0 Å². The average molecular weight is 210 g/mol. The first kappa shape index (κ1) is 13.1. The first-order chi connectivity index (χ1) is 7.18. The second kappa shape index (κ2) is 7.30. The molecule has 0 heteroatoms. The maximum absolute atomic E-state index is 2.47. The van der Waals surface area contributed by atoms with Crippen molar-refractivity contribution in [1.29, 1.82) is 0 Å². The minimum absolute atomic E-state index is 0.895. The third kappa shape index (κ3) is 6.22. The van der Waals surface area contributed by atoms with Crippen molar-refractivity contribution in [2.24, 2.45) is 17.8 Å². The van der Waals surface area contributed by atoms with Crippen LogP contribution in [0, 0.1) is 17.8 Å². The molecule has 1 rings (SSSR count). The quantitative estimate of drug-likeness (QED) is 0.549. The summed E-state index contributed by atoms with van der Waals surface area (Å²) in [6, 6.07) is 0. The van der Waals surface area contributed by atoms with Crippen LogP contribution in [0.4, 0.5) is 0 Å². The molecule has 0 amide bonds. The number of hydrogen-bond donors (Lipinski definition) is 0. The first-order valence-corrected chi connectivity index (χ1v) is 7.18. The Balaban J connectivity index is 2.03. The smallest absolute Gasteiger partial charge is 0.0412 e. The minimum atomic E-state index is 0.895. The van der Waals surface area contributed by atoms with Gasteiger partial charge in [0.1, 0.15) is 0 Å². The molecule has 15 heavy (non-hydrogen) atoms. The molecular formula is C15H30. The molecule has 1 fully saturated rings. The normalized spacial score (nSPS) is 20.8. The molecule has 1 aliphatic rings. The van der Waals surface area contributed by atoms with Crippen LogP contribution in [0.3, 0.4) is 0 Å². The van der Waals surface area contributed by atoms with E-state index in [4.69, 9.17) is 0 Å². The summed E-state index contributed by atoms with van der Waals surface area (Å²) in [5.41, 5.74) is 0. The SMILES string of the molecule is CC(C)CCC[C@H](C)CC1CCCCC1. The molecule has 0 radical (unpaired) electrons. The van der Waals surface area contributed by atoms with Gasteiger partial charge in [-0.3, -0.25) is 0 Å². The van der Waals surface area contributed by atoms with Gasteiger partial charge in [0.15, 0.2) is 0 Å². The number of rotatable bonds is 6. The van der Waals surface area contributed by atoms with Crippen LogP contribution in [0.15, 0.2) is 0 Å². The van der Waals surface area contributed by atoms with Crippen molar-refractivity contribution < 1.29 is 0 Å². The van der Waals surface area contributed by atoms with Gasteiger partial charge >= 0.3 is 0 Å². The largest absolute Gasteiger partial charge is 0.0628 e. The van der Waals surface area contributed by atoms with Gasteiger partial charge < -0.3 is 0 Å². The Labute approximate surface area is 96.8 Å². The zero-order valence-electron chi connectivity index (χ0n) is 11.1. The van der Waals surface area contributed by atoms with Gasteiger partial charge in [0.2, 0.25) is 0 Å². The van der Waals surface area contributed by atoms with E-state index >= 15 is 0 Å². The van der Waals surface area contributed by atoms with Crippen LogP contribution in [0.1, 0.15) is 78.6 Å². The third-order valence-electron chi connectivity index (χ3n) is 3.94. The highest BCUT2D eigenvalue weighted by Gasteiger charge is 2.16. The van der Waals surface area contributed by atoms with Crippen LogP contribution in [0.5, 0.6) is 0 Å². The minimum Gasteiger partial charge on any atom is -0.0628 e.